The van der Waals surface area contributed by atoms with Crippen molar-refractivity contribution >= 4 is 15.7 Å². The maximum atomic E-state index is 12.7. The Labute approximate surface area is 122 Å². The lowest BCUT2D eigenvalue weighted by molar-refractivity contribution is -0.133. The second kappa shape index (κ2) is 5.64. The molecule has 0 aromatic rings. The first-order valence-corrected chi connectivity index (χ1v) is 9.56. The minimum absolute atomic E-state index is 0.0117. The molecule has 1 unspecified atom stereocenters. The van der Waals surface area contributed by atoms with Gasteiger partial charge in [-0.15, -0.1) is 0 Å². The molecule has 0 aromatic heterocycles. The van der Waals surface area contributed by atoms with Gasteiger partial charge in [0.05, 0.1) is 17.5 Å². The second-order valence-electron chi connectivity index (χ2n) is 6.71. The van der Waals surface area contributed by atoms with Crippen molar-refractivity contribution < 1.29 is 13.2 Å². The molecule has 1 spiro atoms. The van der Waals surface area contributed by atoms with E-state index >= 15 is 0 Å². The Balaban J connectivity index is 2.13. The van der Waals surface area contributed by atoms with E-state index in [0.717, 1.165) is 32.1 Å². The van der Waals surface area contributed by atoms with E-state index in [1.54, 1.807) is 4.90 Å². The van der Waals surface area contributed by atoms with Gasteiger partial charge in [0.15, 0.2) is 0 Å². The van der Waals surface area contributed by atoms with Gasteiger partial charge in [-0.05, 0) is 25.2 Å². The fourth-order valence-corrected chi connectivity index (χ4v) is 3.89. The molecule has 2 rings (SSSR count). The van der Waals surface area contributed by atoms with Crippen LogP contribution in [0, 0.1) is 5.92 Å². The first-order valence-electron chi connectivity index (χ1n) is 7.50. The van der Waals surface area contributed by atoms with Gasteiger partial charge in [-0.1, -0.05) is 26.7 Å². The average Bonchev–Trinajstić information content (AvgIpc) is 2.84. The molecule has 1 saturated carbocycles. The summed E-state index contributed by atoms with van der Waals surface area (Å²) in [5.74, 6) is 0.632. The van der Waals surface area contributed by atoms with E-state index in [-0.39, 0.29) is 17.8 Å². The lowest BCUT2D eigenvalue weighted by atomic mass is 9.98. The van der Waals surface area contributed by atoms with Crippen LogP contribution in [0.3, 0.4) is 0 Å². The van der Waals surface area contributed by atoms with E-state index in [0.29, 0.717) is 12.5 Å². The first kappa shape index (κ1) is 15.8. The summed E-state index contributed by atoms with van der Waals surface area (Å²) in [5.41, 5.74) is -0.406. The van der Waals surface area contributed by atoms with Gasteiger partial charge in [0.1, 0.15) is 9.84 Å². The van der Waals surface area contributed by atoms with Crippen LogP contribution in [0.4, 0.5) is 0 Å². The molecule has 5 nitrogen and oxygen atoms in total. The highest BCUT2D eigenvalue weighted by Crippen LogP contribution is 2.37. The third-order valence-corrected chi connectivity index (χ3v) is 5.27. The quantitative estimate of drug-likeness (QED) is 0.827. The summed E-state index contributed by atoms with van der Waals surface area (Å²) in [6.45, 7) is 4.56. The number of carbonyl (C=O) groups excluding carboxylic acids is 1. The molecular formula is C14H26N2O3S. The van der Waals surface area contributed by atoms with Crippen molar-refractivity contribution in [2.24, 2.45) is 5.92 Å². The molecule has 1 N–H and O–H groups in total. The van der Waals surface area contributed by atoms with Crippen LogP contribution < -0.4 is 5.32 Å². The number of hydrogen-bond donors (Lipinski definition) is 1. The average molecular weight is 302 g/mol. The van der Waals surface area contributed by atoms with Crippen LogP contribution in [0.15, 0.2) is 0 Å². The highest BCUT2D eigenvalue weighted by molar-refractivity contribution is 7.90. The Kier molecular flexibility index (Phi) is 4.44. The van der Waals surface area contributed by atoms with Crippen LogP contribution in [0.2, 0.25) is 0 Å². The molecule has 2 fully saturated rings. The molecule has 116 valence electrons. The van der Waals surface area contributed by atoms with Crippen molar-refractivity contribution in [3.63, 3.8) is 0 Å². The Hall–Kier alpha value is -0.620. The molecule has 1 aliphatic carbocycles. The van der Waals surface area contributed by atoms with Gasteiger partial charge >= 0.3 is 0 Å². The molecule has 20 heavy (non-hydrogen) atoms. The van der Waals surface area contributed by atoms with E-state index in [9.17, 15) is 13.2 Å². The lowest BCUT2D eigenvalue weighted by Gasteiger charge is -2.25. The largest absolute Gasteiger partial charge is 0.325 e. The normalized spacial score (nSPS) is 26.1. The number of rotatable bonds is 5. The smallest absolute Gasteiger partial charge is 0.244 e. The molecule has 1 saturated heterocycles. The van der Waals surface area contributed by atoms with Crippen LogP contribution in [-0.2, 0) is 14.6 Å². The Morgan fingerprint density at radius 2 is 1.95 bits per heavy atom. The molecule has 1 aliphatic heterocycles. The summed E-state index contributed by atoms with van der Waals surface area (Å²) in [6, 6.07) is 0. The maximum absolute atomic E-state index is 12.7. The summed E-state index contributed by atoms with van der Waals surface area (Å²) in [5, 5.41) is 3.52. The van der Waals surface area contributed by atoms with Crippen molar-refractivity contribution in [1.82, 2.24) is 10.2 Å². The molecule has 1 atom stereocenters. The van der Waals surface area contributed by atoms with E-state index in [2.05, 4.69) is 19.2 Å². The number of nitrogens with zero attached hydrogens (tertiary/aromatic N) is 1. The van der Waals surface area contributed by atoms with Crippen molar-refractivity contribution in [3.8, 4) is 0 Å². The minimum Gasteiger partial charge on any atom is -0.325 e. The summed E-state index contributed by atoms with van der Waals surface area (Å²) >= 11 is 0. The highest BCUT2D eigenvalue weighted by atomic mass is 32.2. The van der Waals surface area contributed by atoms with Crippen molar-refractivity contribution in [1.29, 1.82) is 0 Å². The van der Waals surface area contributed by atoms with Crippen molar-refractivity contribution in [3.05, 3.63) is 0 Å². The first-order chi connectivity index (χ1) is 9.23. The van der Waals surface area contributed by atoms with Crippen molar-refractivity contribution in [2.45, 2.75) is 57.7 Å². The Morgan fingerprint density at radius 3 is 2.45 bits per heavy atom. The zero-order chi connectivity index (χ0) is 15.0. The molecular weight excluding hydrogens is 276 g/mol. The zero-order valence-corrected chi connectivity index (χ0v) is 13.5. The number of nitrogens with one attached hydrogen (secondary N) is 1. The molecule has 0 radical (unpaired) electrons. The van der Waals surface area contributed by atoms with Crippen LogP contribution in [0.5, 0.6) is 0 Å². The van der Waals surface area contributed by atoms with Gasteiger partial charge in [0.2, 0.25) is 5.91 Å². The lowest BCUT2D eigenvalue weighted by Crippen LogP contribution is -2.44. The molecule has 2 aliphatic rings. The predicted molar refractivity (Wildman–Crippen MR) is 79.0 cm³/mol. The summed E-state index contributed by atoms with van der Waals surface area (Å²) < 4.78 is 22.8. The Bertz CT molecular complexity index is 467. The number of hydrogen-bond acceptors (Lipinski definition) is 4. The van der Waals surface area contributed by atoms with Gasteiger partial charge in [-0.25, -0.2) is 8.42 Å². The van der Waals surface area contributed by atoms with Crippen LogP contribution in [0.25, 0.3) is 0 Å². The monoisotopic (exact) mass is 302 g/mol. The van der Waals surface area contributed by atoms with Gasteiger partial charge in [0, 0.05) is 12.8 Å². The van der Waals surface area contributed by atoms with E-state index in [1.807, 2.05) is 0 Å². The molecule has 1 amide bonds. The number of sulfone groups is 1. The summed E-state index contributed by atoms with van der Waals surface area (Å²) in [4.78, 5) is 14.5. The summed E-state index contributed by atoms with van der Waals surface area (Å²) in [6.07, 6.45) is 6.01. The van der Waals surface area contributed by atoms with E-state index in [1.165, 1.54) is 6.26 Å². The van der Waals surface area contributed by atoms with Crippen LogP contribution >= 0.6 is 0 Å². The predicted octanol–water partition coefficient (Wildman–Crippen LogP) is 1.15. The third kappa shape index (κ3) is 3.34. The van der Waals surface area contributed by atoms with Gasteiger partial charge in [0.25, 0.3) is 0 Å². The molecule has 6 heteroatoms. The van der Waals surface area contributed by atoms with E-state index < -0.39 is 15.4 Å². The fourth-order valence-electron chi connectivity index (χ4n) is 3.37. The molecule has 0 bridgehead atoms. The third-order valence-electron chi connectivity index (χ3n) is 4.34. The number of amides is 1. The second-order valence-corrected chi connectivity index (χ2v) is 8.97. The highest BCUT2D eigenvalue weighted by Gasteiger charge is 2.52. The van der Waals surface area contributed by atoms with Crippen LogP contribution in [0.1, 0.15) is 46.0 Å². The molecule has 0 aromatic carbocycles. The number of carbonyl (C=O) groups is 1. The standard InChI is InChI=1S/C14H26N2O3S/c1-11(2)10-12-15-14(6-4-5-7-14)13(17)16(12)8-9-20(3,18)19/h11-12,15H,4-10H2,1-3H3. The maximum Gasteiger partial charge on any atom is 0.244 e. The SMILES string of the molecule is CC(C)CC1NC2(CCCC2)C(=O)N1CCS(C)(=O)=O. The summed E-state index contributed by atoms with van der Waals surface area (Å²) in [7, 11) is -3.04. The zero-order valence-electron chi connectivity index (χ0n) is 12.7. The fraction of sp³-hybridized carbons (Fsp3) is 0.929. The van der Waals surface area contributed by atoms with Gasteiger partial charge < -0.3 is 4.90 Å². The van der Waals surface area contributed by atoms with Gasteiger partial charge in [-0.2, -0.15) is 0 Å². The Morgan fingerprint density at radius 1 is 1.35 bits per heavy atom. The van der Waals surface area contributed by atoms with Crippen molar-refractivity contribution in [2.75, 3.05) is 18.6 Å². The minimum atomic E-state index is -3.04. The van der Waals surface area contributed by atoms with Crippen LogP contribution in [-0.4, -0.2) is 49.5 Å². The van der Waals surface area contributed by atoms with Gasteiger partial charge in [-0.3, -0.25) is 10.1 Å². The molecule has 1 heterocycles. The van der Waals surface area contributed by atoms with E-state index in [4.69, 9.17) is 0 Å². The topological polar surface area (TPSA) is 66.5 Å².